The number of tetrazole rings is 1. The summed E-state index contributed by atoms with van der Waals surface area (Å²) in [6.07, 6.45) is 0. The predicted molar refractivity (Wildman–Crippen MR) is 103 cm³/mol. The third-order valence-electron chi connectivity index (χ3n) is 4.22. The zero-order chi connectivity index (χ0) is 19.7. The number of nitrogens with zero attached hydrogens (tertiary/aromatic N) is 6. The Morgan fingerprint density at radius 2 is 1.89 bits per heavy atom. The first-order chi connectivity index (χ1) is 13.5. The Morgan fingerprint density at radius 3 is 2.64 bits per heavy atom. The Balaban J connectivity index is 1.54. The molecule has 2 aromatic carbocycles. The van der Waals surface area contributed by atoms with E-state index in [1.807, 2.05) is 38.1 Å². The molecule has 0 aliphatic rings. The minimum Gasteiger partial charge on any atom is -0.338 e. The highest BCUT2D eigenvalue weighted by molar-refractivity contribution is 7.99. The van der Waals surface area contributed by atoms with Gasteiger partial charge in [0, 0.05) is 5.56 Å². The van der Waals surface area contributed by atoms with E-state index in [0.717, 1.165) is 11.3 Å². The Bertz CT molecular complexity index is 1110. The van der Waals surface area contributed by atoms with Gasteiger partial charge in [-0.1, -0.05) is 46.7 Å². The molecule has 0 saturated heterocycles. The lowest BCUT2D eigenvalue weighted by atomic mass is 10.1. The van der Waals surface area contributed by atoms with E-state index in [1.165, 1.54) is 17.8 Å². The molecule has 0 N–H and O–H groups in total. The minimum atomic E-state index is -0.302. The maximum Gasteiger partial charge on any atom is 0.240 e. The van der Waals surface area contributed by atoms with Crippen molar-refractivity contribution < 1.29 is 8.91 Å². The number of hydrogen-bond acceptors (Lipinski definition) is 7. The topological polar surface area (TPSA) is 82.5 Å². The van der Waals surface area contributed by atoms with Crippen LogP contribution in [0.5, 0.6) is 0 Å². The second-order valence-corrected chi connectivity index (χ2v) is 7.70. The van der Waals surface area contributed by atoms with Crippen molar-refractivity contribution in [2.24, 2.45) is 0 Å². The van der Waals surface area contributed by atoms with Gasteiger partial charge in [0.15, 0.2) is 0 Å². The SMILES string of the molecule is Cc1ccc(-n2nnnc2SC(C)c2nc(-c3ccc(C)c(F)c3)no2)cc1. The quantitative estimate of drug-likeness (QED) is 0.465. The number of rotatable bonds is 5. The smallest absolute Gasteiger partial charge is 0.240 e. The molecule has 0 saturated carbocycles. The van der Waals surface area contributed by atoms with E-state index < -0.39 is 0 Å². The highest BCUT2D eigenvalue weighted by Crippen LogP contribution is 2.34. The maximum absolute atomic E-state index is 13.8. The molecule has 0 aliphatic heterocycles. The van der Waals surface area contributed by atoms with Crippen LogP contribution in [-0.2, 0) is 0 Å². The van der Waals surface area contributed by atoms with Gasteiger partial charge in [0.25, 0.3) is 0 Å². The Hall–Kier alpha value is -3.07. The van der Waals surface area contributed by atoms with Crippen molar-refractivity contribution in [1.82, 2.24) is 30.3 Å². The van der Waals surface area contributed by atoms with Crippen LogP contribution >= 0.6 is 11.8 Å². The number of aryl methyl sites for hydroxylation is 2. The van der Waals surface area contributed by atoms with E-state index in [-0.39, 0.29) is 11.1 Å². The standard InChI is InChI=1S/C19H17FN6OS/c1-11-4-8-15(9-5-11)26-19(22-24-25-26)28-13(3)18-21-17(23-27-18)14-7-6-12(2)16(20)10-14/h4-10,13H,1-3H3. The van der Waals surface area contributed by atoms with Crippen molar-refractivity contribution in [3.63, 3.8) is 0 Å². The second kappa shape index (κ2) is 7.51. The monoisotopic (exact) mass is 396 g/mol. The molecule has 4 aromatic rings. The van der Waals surface area contributed by atoms with E-state index in [0.29, 0.717) is 28.0 Å². The molecule has 0 fully saturated rings. The molecular formula is C19H17FN6OS. The van der Waals surface area contributed by atoms with Gasteiger partial charge in [-0.15, -0.1) is 5.10 Å². The third-order valence-corrected chi connectivity index (χ3v) is 5.24. The molecule has 1 unspecified atom stereocenters. The fourth-order valence-electron chi connectivity index (χ4n) is 2.56. The van der Waals surface area contributed by atoms with Gasteiger partial charge in [-0.05, 0) is 55.0 Å². The summed E-state index contributed by atoms with van der Waals surface area (Å²) in [6.45, 7) is 5.65. The molecule has 2 aromatic heterocycles. The van der Waals surface area contributed by atoms with E-state index in [1.54, 1.807) is 23.7 Å². The van der Waals surface area contributed by atoms with Crippen LogP contribution < -0.4 is 0 Å². The summed E-state index contributed by atoms with van der Waals surface area (Å²) >= 11 is 1.40. The molecule has 9 heteroatoms. The molecule has 4 rings (SSSR count). The maximum atomic E-state index is 13.8. The molecule has 0 radical (unpaired) electrons. The van der Waals surface area contributed by atoms with Gasteiger partial charge in [-0.2, -0.15) is 9.67 Å². The van der Waals surface area contributed by atoms with Crippen LogP contribution in [0, 0.1) is 19.7 Å². The predicted octanol–water partition coefficient (Wildman–Crippen LogP) is 4.32. The van der Waals surface area contributed by atoms with Gasteiger partial charge in [-0.3, -0.25) is 0 Å². The van der Waals surface area contributed by atoms with Crippen LogP contribution in [0.15, 0.2) is 52.1 Å². The van der Waals surface area contributed by atoms with Crippen molar-refractivity contribution in [3.05, 3.63) is 65.3 Å². The van der Waals surface area contributed by atoms with Crippen LogP contribution in [0.1, 0.15) is 29.2 Å². The Kier molecular flexibility index (Phi) is 4.91. The Labute approximate surface area is 165 Å². The molecule has 0 amide bonds. The lowest BCUT2D eigenvalue weighted by molar-refractivity contribution is 0.380. The number of hydrogen-bond donors (Lipinski definition) is 0. The van der Waals surface area contributed by atoms with Crippen LogP contribution in [0.3, 0.4) is 0 Å². The van der Waals surface area contributed by atoms with E-state index in [4.69, 9.17) is 4.52 Å². The summed E-state index contributed by atoms with van der Waals surface area (Å²) in [6, 6.07) is 12.8. The average molecular weight is 396 g/mol. The number of thioether (sulfide) groups is 1. The molecule has 142 valence electrons. The average Bonchev–Trinajstić information content (AvgIpc) is 3.34. The minimum absolute atomic E-state index is 0.188. The molecule has 0 bridgehead atoms. The molecule has 28 heavy (non-hydrogen) atoms. The van der Waals surface area contributed by atoms with Crippen molar-refractivity contribution >= 4 is 11.8 Å². The van der Waals surface area contributed by atoms with Crippen molar-refractivity contribution in [2.75, 3.05) is 0 Å². The van der Waals surface area contributed by atoms with Gasteiger partial charge in [0.05, 0.1) is 10.9 Å². The van der Waals surface area contributed by atoms with Gasteiger partial charge in [0.2, 0.25) is 16.9 Å². The number of aromatic nitrogens is 6. The van der Waals surface area contributed by atoms with Crippen molar-refractivity contribution in [1.29, 1.82) is 0 Å². The van der Waals surface area contributed by atoms with Crippen LogP contribution in [0.4, 0.5) is 4.39 Å². The zero-order valence-electron chi connectivity index (χ0n) is 15.5. The first-order valence-corrected chi connectivity index (χ1v) is 9.51. The molecule has 0 aliphatic carbocycles. The van der Waals surface area contributed by atoms with Crippen LogP contribution in [0.2, 0.25) is 0 Å². The van der Waals surface area contributed by atoms with Crippen LogP contribution in [-0.4, -0.2) is 30.3 Å². The summed E-state index contributed by atoms with van der Waals surface area (Å²) in [5, 5.41) is 16.3. The highest BCUT2D eigenvalue weighted by Gasteiger charge is 2.20. The summed E-state index contributed by atoms with van der Waals surface area (Å²) in [5.74, 6) is 0.461. The number of benzene rings is 2. The summed E-state index contributed by atoms with van der Waals surface area (Å²) in [7, 11) is 0. The normalized spacial score (nSPS) is 12.3. The van der Waals surface area contributed by atoms with Gasteiger partial charge < -0.3 is 4.52 Å². The largest absolute Gasteiger partial charge is 0.338 e. The van der Waals surface area contributed by atoms with Crippen LogP contribution in [0.25, 0.3) is 17.1 Å². The van der Waals surface area contributed by atoms with Gasteiger partial charge in [0.1, 0.15) is 5.82 Å². The third kappa shape index (κ3) is 3.65. The molecule has 1 atom stereocenters. The van der Waals surface area contributed by atoms with Crippen molar-refractivity contribution in [3.8, 4) is 17.1 Å². The van der Waals surface area contributed by atoms with E-state index in [2.05, 4.69) is 25.7 Å². The van der Waals surface area contributed by atoms with Gasteiger partial charge in [-0.25, -0.2) is 4.39 Å². The lowest BCUT2D eigenvalue weighted by Crippen LogP contribution is -2.00. The zero-order valence-corrected chi connectivity index (χ0v) is 16.3. The summed E-state index contributed by atoms with van der Waals surface area (Å²) in [4.78, 5) is 4.40. The fourth-order valence-corrected chi connectivity index (χ4v) is 3.40. The number of halogens is 1. The lowest BCUT2D eigenvalue weighted by Gasteiger charge is -2.07. The van der Waals surface area contributed by atoms with Gasteiger partial charge >= 0.3 is 0 Å². The molecule has 0 spiro atoms. The summed E-state index contributed by atoms with van der Waals surface area (Å²) in [5.41, 5.74) is 3.16. The molecule has 7 nitrogen and oxygen atoms in total. The summed E-state index contributed by atoms with van der Waals surface area (Å²) < 4.78 is 20.8. The highest BCUT2D eigenvalue weighted by atomic mass is 32.2. The fraction of sp³-hybridized carbons (Fsp3) is 0.211. The Morgan fingerprint density at radius 1 is 1.11 bits per heavy atom. The molecule has 2 heterocycles. The second-order valence-electron chi connectivity index (χ2n) is 6.39. The molecular weight excluding hydrogens is 379 g/mol. The van der Waals surface area contributed by atoms with E-state index >= 15 is 0 Å². The first kappa shape index (κ1) is 18.3. The van der Waals surface area contributed by atoms with E-state index in [9.17, 15) is 4.39 Å². The first-order valence-electron chi connectivity index (χ1n) is 8.63. The van der Waals surface area contributed by atoms with Crippen molar-refractivity contribution in [2.45, 2.75) is 31.2 Å².